The third kappa shape index (κ3) is 3.77. The first-order chi connectivity index (χ1) is 10.2. The zero-order valence-electron chi connectivity index (χ0n) is 13.7. The van der Waals surface area contributed by atoms with Gasteiger partial charge in [0.1, 0.15) is 6.04 Å². The Balaban J connectivity index is 1.83. The highest BCUT2D eigenvalue weighted by Crippen LogP contribution is 2.53. The SMILES string of the molecule is CC(C)(C)N1C[C@H](NC(=O)CNC(=O)[C@@H](N)CO)C2(CC2)C1. The zero-order valence-corrected chi connectivity index (χ0v) is 13.7. The molecule has 0 unspecified atom stereocenters. The Labute approximate surface area is 131 Å². The summed E-state index contributed by atoms with van der Waals surface area (Å²) in [6.07, 6.45) is 2.29. The molecule has 2 rings (SSSR count). The van der Waals surface area contributed by atoms with E-state index < -0.39 is 18.6 Å². The molecule has 0 aromatic carbocycles. The van der Waals surface area contributed by atoms with Gasteiger partial charge in [-0.25, -0.2) is 0 Å². The summed E-state index contributed by atoms with van der Waals surface area (Å²) in [5.41, 5.74) is 5.70. The lowest BCUT2D eigenvalue weighted by Crippen LogP contribution is -2.50. The van der Waals surface area contributed by atoms with Crippen LogP contribution in [-0.4, -0.2) is 65.7 Å². The minimum absolute atomic E-state index is 0.0944. The monoisotopic (exact) mass is 312 g/mol. The lowest BCUT2D eigenvalue weighted by Gasteiger charge is -2.31. The third-order valence-electron chi connectivity index (χ3n) is 4.78. The first-order valence-electron chi connectivity index (χ1n) is 7.86. The van der Waals surface area contributed by atoms with E-state index in [9.17, 15) is 9.59 Å². The molecule has 2 aliphatic rings. The van der Waals surface area contributed by atoms with Gasteiger partial charge in [-0.2, -0.15) is 0 Å². The maximum atomic E-state index is 12.0. The van der Waals surface area contributed by atoms with Gasteiger partial charge in [-0.1, -0.05) is 0 Å². The number of nitrogens with two attached hydrogens (primary N) is 1. The summed E-state index contributed by atoms with van der Waals surface area (Å²) < 4.78 is 0. The second-order valence-electron chi connectivity index (χ2n) is 7.54. The summed E-state index contributed by atoms with van der Waals surface area (Å²) >= 11 is 0. The topological polar surface area (TPSA) is 108 Å². The van der Waals surface area contributed by atoms with Crippen LogP contribution in [0.3, 0.4) is 0 Å². The van der Waals surface area contributed by atoms with E-state index in [2.05, 4.69) is 36.3 Å². The second-order valence-corrected chi connectivity index (χ2v) is 7.54. The van der Waals surface area contributed by atoms with E-state index in [1.165, 1.54) is 0 Å². The first kappa shape index (κ1) is 17.2. The molecule has 0 aromatic heterocycles. The lowest BCUT2D eigenvalue weighted by molar-refractivity contribution is -0.127. The van der Waals surface area contributed by atoms with Crippen molar-refractivity contribution < 1.29 is 14.7 Å². The number of likely N-dealkylation sites (tertiary alicyclic amines) is 1. The maximum Gasteiger partial charge on any atom is 0.239 e. The predicted octanol–water partition coefficient (Wildman–Crippen LogP) is -1.20. The van der Waals surface area contributed by atoms with Crippen LogP contribution in [-0.2, 0) is 9.59 Å². The number of hydrogen-bond donors (Lipinski definition) is 4. The molecule has 7 nitrogen and oxygen atoms in total. The van der Waals surface area contributed by atoms with Gasteiger partial charge < -0.3 is 21.5 Å². The lowest BCUT2D eigenvalue weighted by atomic mass is 10.0. The van der Waals surface area contributed by atoms with E-state index >= 15 is 0 Å². The Morgan fingerprint density at radius 2 is 2.05 bits per heavy atom. The number of aliphatic hydroxyl groups excluding tert-OH is 1. The molecule has 2 atom stereocenters. The summed E-state index contributed by atoms with van der Waals surface area (Å²) in [5, 5.41) is 14.3. The van der Waals surface area contributed by atoms with Crippen molar-refractivity contribution in [1.82, 2.24) is 15.5 Å². The number of amides is 2. The third-order valence-corrected chi connectivity index (χ3v) is 4.78. The van der Waals surface area contributed by atoms with Crippen molar-refractivity contribution in [2.45, 2.75) is 51.2 Å². The molecule has 1 heterocycles. The summed E-state index contributed by atoms with van der Waals surface area (Å²) in [7, 11) is 0. The average molecular weight is 312 g/mol. The molecule has 7 heteroatoms. The molecule has 0 aromatic rings. The number of carbonyl (C=O) groups excluding carboxylic acids is 2. The quantitative estimate of drug-likeness (QED) is 0.510. The Kier molecular flexibility index (Phi) is 4.79. The van der Waals surface area contributed by atoms with Crippen LogP contribution in [0.4, 0.5) is 0 Å². The second kappa shape index (κ2) is 6.14. The smallest absolute Gasteiger partial charge is 0.239 e. The van der Waals surface area contributed by atoms with Gasteiger partial charge in [-0.15, -0.1) is 0 Å². The number of rotatable bonds is 5. The molecular weight excluding hydrogens is 284 g/mol. The Bertz CT molecular complexity index is 443. The number of nitrogens with zero attached hydrogens (tertiary/aromatic N) is 1. The van der Waals surface area contributed by atoms with Crippen LogP contribution in [0.1, 0.15) is 33.6 Å². The molecule has 0 bridgehead atoms. The summed E-state index contributed by atoms with van der Waals surface area (Å²) in [5.74, 6) is -0.716. The number of hydrogen-bond acceptors (Lipinski definition) is 5. The van der Waals surface area contributed by atoms with Crippen LogP contribution in [0.15, 0.2) is 0 Å². The number of aliphatic hydroxyl groups is 1. The van der Waals surface area contributed by atoms with Crippen molar-refractivity contribution in [2.75, 3.05) is 26.2 Å². The Hall–Kier alpha value is -1.18. The van der Waals surface area contributed by atoms with Crippen molar-refractivity contribution in [3.63, 3.8) is 0 Å². The molecule has 0 radical (unpaired) electrons. The largest absolute Gasteiger partial charge is 0.394 e. The van der Waals surface area contributed by atoms with Crippen LogP contribution < -0.4 is 16.4 Å². The Morgan fingerprint density at radius 1 is 1.41 bits per heavy atom. The van der Waals surface area contributed by atoms with Crippen LogP contribution >= 0.6 is 0 Å². The fourth-order valence-electron chi connectivity index (χ4n) is 2.97. The summed E-state index contributed by atoms with van der Waals surface area (Å²) in [4.78, 5) is 25.9. The van der Waals surface area contributed by atoms with Gasteiger partial charge in [0.15, 0.2) is 0 Å². The summed E-state index contributed by atoms with van der Waals surface area (Å²) in [6.45, 7) is 7.88. The molecule has 1 spiro atoms. The fourth-order valence-corrected chi connectivity index (χ4v) is 2.97. The van der Waals surface area contributed by atoms with Gasteiger partial charge in [0, 0.05) is 30.1 Å². The molecular formula is C15H28N4O3. The molecule has 1 saturated carbocycles. The van der Waals surface area contributed by atoms with Gasteiger partial charge in [0.25, 0.3) is 0 Å². The molecule has 1 saturated heterocycles. The minimum atomic E-state index is -0.981. The van der Waals surface area contributed by atoms with Crippen LogP contribution in [0.5, 0.6) is 0 Å². The molecule has 5 N–H and O–H groups in total. The summed E-state index contributed by atoms with van der Waals surface area (Å²) in [6, 6.07) is -0.840. The minimum Gasteiger partial charge on any atom is -0.394 e. The van der Waals surface area contributed by atoms with E-state index in [1.807, 2.05) is 0 Å². The van der Waals surface area contributed by atoms with Gasteiger partial charge in [0.2, 0.25) is 11.8 Å². The van der Waals surface area contributed by atoms with Crippen molar-refractivity contribution in [1.29, 1.82) is 0 Å². The van der Waals surface area contributed by atoms with Crippen molar-refractivity contribution >= 4 is 11.8 Å². The molecule has 126 valence electrons. The highest BCUT2D eigenvalue weighted by atomic mass is 16.3. The normalized spacial score (nSPS) is 25.0. The number of carbonyl (C=O) groups is 2. The van der Waals surface area contributed by atoms with Gasteiger partial charge in [-0.05, 0) is 33.6 Å². The molecule has 2 fully saturated rings. The van der Waals surface area contributed by atoms with E-state index in [0.29, 0.717) is 0 Å². The first-order valence-corrected chi connectivity index (χ1v) is 7.86. The van der Waals surface area contributed by atoms with E-state index in [-0.39, 0.29) is 29.4 Å². The molecule has 22 heavy (non-hydrogen) atoms. The Morgan fingerprint density at radius 3 is 2.55 bits per heavy atom. The van der Waals surface area contributed by atoms with Crippen molar-refractivity contribution in [3.05, 3.63) is 0 Å². The zero-order chi connectivity index (χ0) is 16.5. The highest BCUT2D eigenvalue weighted by molar-refractivity contribution is 5.87. The van der Waals surface area contributed by atoms with Crippen molar-refractivity contribution in [3.8, 4) is 0 Å². The van der Waals surface area contributed by atoms with E-state index in [0.717, 1.165) is 25.9 Å². The van der Waals surface area contributed by atoms with Crippen LogP contribution in [0.25, 0.3) is 0 Å². The molecule has 1 aliphatic carbocycles. The van der Waals surface area contributed by atoms with E-state index in [4.69, 9.17) is 10.8 Å². The van der Waals surface area contributed by atoms with E-state index in [1.54, 1.807) is 0 Å². The molecule has 1 aliphatic heterocycles. The predicted molar refractivity (Wildman–Crippen MR) is 83.0 cm³/mol. The maximum absolute atomic E-state index is 12.0. The highest BCUT2D eigenvalue weighted by Gasteiger charge is 2.56. The fraction of sp³-hybridized carbons (Fsp3) is 0.867. The van der Waals surface area contributed by atoms with Crippen LogP contribution in [0, 0.1) is 5.41 Å². The number of nitrogens with one attached hydrogen (secondary N) is 2. The molecule has 2 amide bonds. The van der Waals surface area contributed by atoms with Gasteiger partial charge in [0.05, 0.1) is 13.2 Å². The van der Waals surface area contributed by atoms with Gasteiger partial charge >= 0.3 is 0 Å². The van der Waals surface area contributed by atoms with Crippen molar-refractivity contribution in [2.24, 2.45) is 11.1 Å². The average Bonchev–Trinajstić information content (AvgIpc) is 3.12. The standard InChI is InChI=1S/C15H28N4O3/c1-14(2,3)19-7-11(15(9-19)4-5-15)18-12(21)6-17-13(22)10(16)8-20/h10-11,20H,4-9,16H2,1-3H3,(H,17,22)(H,18,21)/t10-,11-/m0/s1. The van der Waals surface area contributed by atoms with Gasteiger partial charge in [-0.3, -0.25) is 14.5 Å². The van der Waals surface area contributed by atoms with Crippen LogP contribution in [0.2, 0.25) is 0 Å².